The number of halogens is 4. The number of carbonyl (C=O) groups excluding carboxylic acids is 2. The second kappa shape index (κ2) is 6.37. The van der Waals surface area contributed by atoms with Gasteiger partial charge in [-0.2, -0.15) is 13.2 Å². The van der Waals surface area contributed by atoms with E-state index in [-0.39, 0.29) is 11.6 Å². The second-order valence-corrected chi connectivity index (χ2v) is 5.81. The van der Waals surface area contributed by atoms with E-state index in [1.165, 1.54) is 29.2 Å². The van der Waals surface area contributed by atoms with Crippen molar-refractivity contribution in [3.63, 3.8) is 0 Å². The molecule has 0 unspecified atom stereocenters. The molecule has 0 radical (unpaired) electrons. The topological polar surface area (TPSA) is 37.4 Å². The number of ketones is 1. The van der Waals surface area contributed by atoms with Crippen LogP contribution in [0.1, 0.15) is 21.5 Å². The monoisotopic (exact) mass is 365 g/mol. The SMILES string of the molecule is O=C1C(=O)N(CC=Cc2ccc(Cl)c(C(F)(F)F)c2)c2ccccc21. The Morgan fingerprint density at radius 3 is 2.52 bits per heavy atom. The molecule has 1 amide bonds. The van der Waals surface area contributed by atoms with Crippen LogP contribution in [0.25, 0.3) is 6.08 Å². The van der Waals surface area contributed by atoms with Crippen molar-refractivity contribution in [2.75, 3.05) is 11.4 Å². The van der Waals surface area contributed by atoms with E-state index < -0.39 is 23.4 Å². The van der Waals surface area contributed by atoms with Crippen molar-refractivity contribution in [1.29, 1.82) is 0 Å². The number of Topliss-reactive ketones (excluding diaryl/α,β-unsaturated/α-hetero) is 1. The Kier molecular flexibility index (Phi) is 4.39. The van der Waals surface area contributed by atoms with Crippen LogP contribution in [0.3, 0.4) is 0 Å². The Hall–Kier alpha value is -2.60. The van der Waals surface area contributed by atoms with E-state index in [0.717, 1.165) is 6.07 Å². The molecule has 0 saturated heterocycles. The maximum absolute atomic E-state index is 12.9. The molecule has 0 aromatic heterocycles. The van der Waals surface area contributed by atoms with E-state index in [2.05, 4.69) is 0 Å². The molecule has 0 saturated carbocycles. The molecule has 2 aromatic rings. The van der Waals surface area contributed by atoms with Crippen molar-refractivity contribution >= 4 is 35.1 Å². The number of fused-ring (bicyclic) bond motifs is 1. The molecule has 0 aliphatic carbocycles. The summed E-state index contributed by atoms with van der Waals surface area (Å²) in [6.45, 7) is 0.0750. The molecule has 1 heterocycles. The lowest BCUT2D eigenvalue weighted by Crippen LogP contribution is -2.29. The zero-order chi connectivity index (χ0) is 18.2. The number of anilines is 1. The summed E-state index contributed by atoms with van der Waals surface area (Å²) in [6, 6.07) is 10.1. The molecule has 0 N–H and O–H groups in total. The van der Waals surface area contributed by atoms with Crippen molar-refractivity contribution in [2.24, 2.45) is 0 Å². The van der Waals surface area contributed by atoms with Gasteiger partial charge in [-0.05, 0) is 29.8 Å². The first-order valence-corrected chi connectivity index (χ1v) is 7.65. The van der Waals surface area contributed by atoms with E-state index >= 15 is 0 Å². The van der Waals surface area contributed by atoms with Crippen LogP contribution in [0.4, 0.5) is 18.9 Å². The lowest BCUT2D eigenvalue weighted by Gasteiger charge is -2.13. The Morgan fingerprint density at radius 2 is 1.80 bits per heavy atom. The summed E-state index contributed by atoms with van der Waals surface area (Å²) < 4.78 is 38.6. The summed E-state index contributed by atoms with van der Waals surface area (Å²) in [5, 5.41) is -0.376. The second-order valence-electron chi connectivity index (χ2n) is 5.40. The van der Waals surface area contributed by atoms with Gasteiger partial charge in [-0.25, -0.2) is 0 Å². The zero-order valence-electron chi connectivity index (χ0n) is 12.7. The van der Waals surface area contributed by atoms with Crippen molar-refractivity contribution in [2.45, 2.75) is 6.18 Å². The highest BCUT2D eigenvalue weighted by Gasteiger charge is 2.35. The molecule has 25 heavy (non-hydrogen) atoms. The average Bonchev–Trinajstić information content (AvgIpc) is 2.80. The van der Waals surface area contributed by atoms with Gasteiger partial charge in [0, 0.05) is 6.54 Å². The lowest BCUT2D eigenvalue weighted by molar-refractivity contribution is -0.137. The van der Waals surface area contributed by atoms with Crippen LogP contribution < -0.4 is 4.90 Å². The van der Waals surface area contributed by atoms with Gasteiger partial charge in [0.2, 0.25) is 0 Å². The number of amides is 1. The van der Waals surface area contributed by atoms with E-state index in [0.29, 0.717) is 16.8 Å². The summed E-state index contributed by atoms with van der Waals surface area (Å²) in [4.78, 5) is 25.2. The van der Waals surface area contributed by atoms with Crippen molar-refractivity contribution in [1.82, 2.24) is 0 Å². The molecular formula is C18H11ClF3NO2. The van der Waals surface area contributed by atoms with Gasteiger partial charge in [0.1, 0.15) is 0 Å². The number of nitrogens with zero attached hydrogens (tertiary/aromatic N) is 1. The highest BCUT2D eigenvalue weighted by atomic mass is 35.5. The zero-order valence-corrected chi connectivity index (χ0v) is 13.4. The van der Waals surface area contributed by atoms with E-state index in [1.807, 2.05) is 0 Å². The summed E-state index contributed by atoms with van der Waals surface area (Å²) in [7, 11) is 0. The van der Waals surface area contributed by atoms with Gasteiger partial charge in [-0.3, -0.25) is 9.59 Å². The lowest BCUT2D eigenvalue weighted by atomic mass is 10.1. The summed E-state index contributed by atoms with van der Waals surface area (Å²) >= 11 is 5.58. The summed E-state index contributed by atoms with van der Waals surface area (Å²) in [5.41, 5.74) is 0.193. The van der Waals surface area contributed by atoms with Crippen LogP contribution in [-0.2, 0) is 11.0 Å². The highest BCUT2D eigenvalue weighted by molar-refractivity contribution is 6.52. The fraction of sp³-hybridized carbons (Fsp3) is 0.111. The van der Waals surface area contributed by atoms with Crippen LogP contribution in [0.15, 0.2) is 48.5 Å². The predicted molar refractivity (Wildman–Crippen MR) is 88.6 cm³/mol. The number of para-hydroxylation sites is 1. The molecule has 128 valence electrons. The van der Waals surface area contributed by atoms with Gasteiger partial charge in [-0.1, -0.05) is 42.0 Å². The number of alkyl halides is 3. The fourth-order valence-electron chi connectivity index (χ4n) is 2.59. The molecule has 0 spiro atoms. The normalized spacial score (nSPS) is 14.5. The third-order valence-electron chi connectivity index (χ3n) is 3.77. The molecule has 2 aromatic carbocycles. The van der Waals surface area contributed by atoms with Crippen LogP contribution in [0.5, 0.6) is 0 Å². The van der Waals surface area contributed by atoms with E-state index in [4.69, 9.17) is 11.6 Å². The fourth-order valence-corrected chi connectivity index (χ4v) is 2.81. The molecule has 0 fully saturated rings. The largest absolute Gasteiger partial charge is 0.417 e. The predicted octanol–water partition coefficient (Wildman–Crippen LogP) is 4.60. The third-order valence-corrected chi connectivity index (χ3v) is 4.10. The number of hydrogen-bond donors (Lipinski definition) is 0. The first-order valence-electron chi connectivity index (χ1n) is 7.27. The molecule has 0 bridgehead atoms. The standard InChI is InChI=1S/C18H11ClF3NO2/c19-14-8-7-11(10-13(14)18(20,21)22)4-3-9-23-15-6-2-1-5-12(15)16(24)17(23)25/h1-8,10H,9H2. The molecule has 1 aliphatic rings. The van der Waals surface area contributed by atoms with Crippen molar-refractivity contribution < 1.29 is 22.8 Å². The summed E-state index contributed by atoms with van der Waals surface area (Å²) in [6.07, 6.45) is -1.57. The van der Waals surface area contributed by atoms with Gasteiger partial charge in [0.25, 0.3) is 11.7 Å². The maximum Gasteiger partial charge on any atom is 0.417 e. The number of hydrogen-bond acceptors (Lipinski definition) is 2. The van der Waals surface area contributed by atoms with Crippen LogP contribution in [-0.4, -0.2) is 18.2 Å². The first-order chi connectivity index (χ1) is 11.8. The van der Waals surface area contributed by atoms with E-state index in [1.54, 1.807) is 24.3 Å². The van der Waals surface area contributed by atoms with E-state index in [9.17, 15) is 22.8 Å². The van der Waals surface area contributed by atoms with Gasteiger partial charge >= 0.3 is 6.18 Å². The van der Waals surface area contributed by atoms with Crippen LogP contribution in [0, 0.1) is 0 Å². The smallest absolute Gasteiger partial charge is 0.301 e. The minimum atomic E-state index is -4.54. The first kappa shape index (κ1) is 17.2. The Balaban J connectivity index is 1.81. The van der Waals surface area contributed by atoms with Gasteiger partial charge in [0.05, 0.1) is 21.8 Å². The number of rotatable bonds is 3. The van der Waals surface area contributed by atoms with Gasteiger partial charge in [0.15, 0.2) is 0 Å². The highest BCUT2D eigenvalue weighted by Crippen LogP contribution is 2.35. The van der Waals surface area contributed by atoms with Crippen LogP contribution in [0.2, 0.25) is 5.02 Å². The third kappa shape index (κ3) is 3.30. The molecule has 0 atom stereocenters. The molecular weight excluding hydrogens is 355 g/mol. The number of benzene rings is 2. The Bertz CT molecular complexity index is 890. The molecule has 3 rings (SSSR count). The summed E-state index contributed by atoms with van der Waals surface area (Å²) in [5.74, 6) is -1.24. The van der Waals surface area contributed by atoms with Crippen LogP contribution >= 0.6 is 11.6 Å². The molecule has 3 nitrogen and oxygen atoms in total. The molecule has 7 heteroatoms. The maximum atomic E-state index is 12.9. The Labute approximate surface area is 146 Å². The Morgan fingerprint density at radius 1 is 1.08 bits per heavy atom. The average molecular weight is 366 g/mol. The van der Waals surface area contributed by atoms with Crippen molar-refractivity contribution in [3.05, 3.63) is 70.3 Å². The van der Waals surface area contributed by atoms with Crippen molar-refractivity contribution in [3.8, 4) is 0 Å². The minimum Gasteiger partial charge on any atom is -0.301 e. The van der Waals surface area contributed by atoms with Gasteiger partial charge in [-0.15, -0.1) is 0 Å². The quantitative estimate of drug-likeness (QED) is 0.745. The minimum absolute atomic E-state index is 0.0750. The molecule has 1 aliphatic heterocycles. The van der Waals surface area contributed by atoms with Gasteiger partial charge < -0.3 is 4.90 Å². The number of carbonyl (C=O) groups is 2.